The van der Waals surface area contributed by atoms with Gasteiger partial charge in [-0.1, -0.05) is 0 Å². The second-order valence-electron chi connectivity index (χ2n) is 7.41. The van der Waals surface area contributed by atoms with Crippen LogP contribution in [-0.2, 0) is 4.74 Å². The molecule has 4 rings (SSSR count). The number of fused-ring (bicyclic) bond motifs is 2. The summed E-state index contributed by atoms with van der Waals surface area (Å²) in [5.74, 6) is 1.50. The van der Waals surface area contributed by atoms with Gasteiger partial charge in [-0.15, -0.1) is 5.10 Å². The number of benzene rings is 1. The zero-order valence-corrected chi connectivity index (χ0v) is 16.1. The molecular formula is C20H21N5O3. The molecule has 0 fully saturated rings. The van der Waals surface area contributed by atoms with Gasteiger partial charge < -0.3 is 15.2 Å². The number of aromatic nitrogens is 4. The average Bonchev–Trinajstić information content (AvgIpc) is 3.18. The van der Waals surface area contributed by atoms with Crippen molar-refractivity contribution in [2.75, 3.05) is 12.8 Å². The predicted octanol–water partition coefficient (Wildman–Crippen LogP) is 3.75. The standard InChI is InChI=1S/C20H21N5O3/c1-20(2,3)28-19(26)24-15-8-7-13(27-4)10-12(15)11-16(24)25-18-14(17(21)23-25)6-5-9-22-18/h5-11H,1-4H3,(H2,21,23). The maximum atomic E-state index is 13.0. The summed E-state index contributed by atoms with van der Waals surface area (Å²) in [6.07, 6.45) is 1.14. The Morgan fingerprint density at radius 3 is 2.68 bits per heavy atom. The Bertz CT molecular complexity index is 1200. The Balaban J connectivity index is 2.01. The maximum absolute atomic E-state index is 13.0. The van der Waals surface area contributed by atoms with E-state index in [-0.39, 0.29) is 0 Å². The van der Waals surface area contributed by atoms with Crippen LogP contribution >= 0.6 is 0 Å². The summed E-state index contributed by atoms with van der Waals surface area (Å²) in [5.41, 5.74) is 6.64. The van der Waals surface area contributed by atoms with Gasteiger partial charge >= 0.3 is 6.09 Å². The quantitative estimate of drug-likeness (QED) is 0.570. The molecule has 8 nitrogen and oxygen atoms in total. The molecule has 0 spiro atoms. The number of hydrogen-bond donors (Lipinski definition) is 1. The first kappa shape index (κ1) is 17.8. The molecule has 144 valence electrons. The van der Waals surface area contributed by atoms with Crippen molar-refractivity contribution in [3.05, 3.63) is 42.6 Å². The third kappa shape index (κ3) is 2.92. The lowest BCUT2D eigenvalue weighted by Crippen LogP contribution is -2.28. The van der Waals surface area contributed by atoms with E-state index < -0.39 is 11.7 Å². The van der Waals surface area contributed by atoms with E-state index in [1.807, 2.05) is 45.0 Å². The topological polar surface area (TPSA) is 97.2 Å². The highest BCUT2D eigenvalue weighted by molar-refractivity contribution is 5.95. The molecule has 0 aliphatic heterocycles. The summed E-state index contributed by atoms with van der Waals surface area (Å²) in [6.45, 7) is 5.46. The number of pyridine rings is 1. The van der Waals surface area contributed by atoms with Crippen LogP contribution in [-0.4, -0.2) is 38.1 Å². The molecule has 8 heteroatoms. The molecule has 3 aromatic heterocycles. The van der Waals surface area contributed by atoms with E-state index in [4.69, 9.17) is 15.2 Å². The van der Waals surface area contributed by atoms with Gasteiger partial charge in [-0.3, -0.25) is 0 Å². The largest absolute Gasteiger partial charge is 0.497 e. The third-order valence-corrected chi connectivity index (χ3v) is 4.25. The second-order valence-corrected chi connectivity index (χ2v) is 7.41. The van der Waals surface area contributed by atoms with Crippen LogP contribution in [0.2, 0.25) is 0 Å². The molecule has 0 unspecified atom stereocenters. The van der Waals surface area contributed by atoms with Crippen molar-refractivity contribution >= 4 is 33.8 Å². The Hall–Kier alpha value is -3.55. The lowest BCUT2D eigenvalue weighted by Gasteiger charge is -2.21. The highest BCUT2D eigenvalue weighted by Gasteiger charge is 2.25. The molecule has 28 heavy (non-hydrogen) atoms. The molecule has 3 heterocycles. The zero-order valence-electron chi connectivity index (χ0n) is 16.1. The summed E-state index contributed by atoms with van der Waals surface area (Å²) in [4.78, 5) is 17.4. The summed E-state index contributed by atoms with van der Waals surface area (Å²) in [5, 5.41) is 5.92. The molecule has 0 radical (unpaired) electrons. The van der Waals surface area contributed by atoms with Crippen LogP contribution in [0.3, 0.4) is 0 Å². The minimum atomic E-state index is -0.652. The Kier molecular flexibility index (Phi) is 3.99. The normalized spacial score (nSPS) is 11.9. The van der Waals surface area contributed by atoms with Gasteiger partial charge in [0.1, 0.15) is 17.2 Å². The van der Waals surface area contributed by atoms with Crippen LogP contribution in [0.1, 0.15) is 20.8 Å². The van der Waals surface area contributed by atoms with Gasteiger partial charge in [0.2, 0.25) is 0 Å². The fourth-order valence-corrected chi connectivity index (χ4v) is 3.10. The molecule has 0 aliphatic carbocycles. The second kappa shape index (κ2) is 6.26. The van der Waals surface area contributed by atoms with E-state index in [1.165, 1.54) is 4.57 Å². The molecule has 0 saturated heterocycles. The molecule has 2 N–H and O–H groups in total. The van der Waals surface area contributed by atoms with Gasteiger partial charge in [0.05, 0.1) is 18.0 Å². The zero-order chi connectivity index (χ0) is 20.1. The molecule has 0 saturated carbocycles. The summed E-state index contributed by atoms with van der Waals surface area (Å²) in [7, 11) is 1.60. The Morgan fingerprint density at radius 1 is 1.18 bits per heavy atom. The summed E-state index contributed by atoms with van der Waals surface area (Å²) >= 11 is 0. The number of anilines is 1. The van der Waals surface area contributed by atoms with Gasteiger partial charge in [-0.05, 0) is 57.2 Å². The molecule has 1 aromatic carbocycles. The molecule has 0 bridgehead atoms. The fourth-order valence-electron chi connectivity index (χ4n) is 3.10. The number of rotatable bonds is 2. The number of nitrogens with zero attached hydrogens (tertiary/aromatic N) is 4. The number of methoxy groups -OCH3 is 1. The molecule has 0 atom stereocenters. The summed E-state index contributed by atoms with van der Waals surface area (Å²) < 4.78 is 14.0. The molecule has 0 amide bonds. The van der Waals surface area contributed by atoms with E-state index in [9.17, 15) is 4.79 Å². The van der Waals surface area contributed by atoms with Crippen LogP contribution in [0.5, 0.6) is 5.75 Å². The SMILES string of the molecule is COc1ccc2c(c1)cc(-n1nc(N)c3cccnc31)n2C(=O)OC(C)(C)C. The maximum Gasteiger partial charge on any atom is 0.420 e. The van der Waals surface area contributed by atoms with E-state index in [1.54, 1.807) is 30.1 Å². The Labute approximate surface area is 161 Å². The van der Waals surface area contributed by atoms with Gasteiger partial charge in [-0.2, -0.15) is 4.68 Å². The van der Waals surface area contributed by atoms with Gasteiger partial charge in [0, 0.05) is 11.6 Å². The average molecular weight is 379 g/mol. The number of carbonyl (C=O) groups is 1. The lowest BCUT2D eigenvalue weighted by molar-refractivity contribution is 0.0544. The number of nitrogen functional groups attached to an aromatic ring is 1. The van der Waals surface area contributed by atoms with Crippen molar-refractivity contribution < 1.29 is 14.3 Å². The van der Waals surface area contributed by atoms with E-state index >= 15 is 0 Å². The predicted molar refractivity (Wildman–Crippen MR) is 107 cm³/mol. The van der Waals surface area contributed by atoms with Crippen molar-refractivity contribution in [2.45, 2.75) is 26.4 Å². The van der Waals surface area contributed by atoms with Crippen LogP contribution in [0, 0.1) is 0 Å². The number of ether oxygens (including phenoxy) is 2. The molecule has 0 aliphatic rings. The molecular weight excluding hydrogens is 358 g/mol. The van der Waals surface area contributed by atoms with Gasteiger partial charge in [-0.25, -0.2) is 14.3 Å². The van der Waals surface area contributed by atoms with Gasteiger partial charge in [0.15, 0.2) is 11.5 Å². The molecule has 4 aromatic rings. The Morgan fingerprint density at radius 2 is 1.96 bits per heavy atom. The highest BCUT2D eigenvalue weighted by Crippen LogP contribution is 2.30. The van der Waals surface area contributed by atoms with Gasteiger partial charge in [0.25, 0.3) is 0 Å². The first-order valence-electron chi connectivity index (χ1n) is 8.81. The number of hydrogen-bond acceptors (Lipinski definition) is 6. The van der Waals surface area contributed by atoms with Crippen molar-refractivity contribution in [1.29, 1.82) is 0 Å². The van der Waals surface area contributed by atoms with Crippen molar-refractivity contribution in [1.82, 2.24) is 19.3 Å². The highest BCUT2D eigenvalue weighted by atomic mass is 16.6. The summed E-state index contributed by atoms with van der Waals surface area (Å²) in [6, 6.07) is 10.9. The minimum Gasteiger partial charge on any atom is -0.497 e. The number of carbonyl (C=O) groups excluding carboxylic acids is 1. The van der Waals surface area contributed by atoms with Crippen LogP contribution in [0.4, 0.5) is 10.6 Å². The van der Waals surface area contributed by atoms with Crippen molar-refractivity contribution in [2.24, 2.45) is 0 Å². The smallest absolute Gasteiger partial charge is 0.420 e. The minimum absolute atomic E-state index is 0.335. The van der Waals surface area contributed by atoms with E-state index in [0.717, 1.165) is 5.39 Å². The fraction of sp³-hybridized carbons (Fsp3) is 0.250. The third-order valence-electron chi connectivity index (χ3n) is 4.25. The monoisotopic (exact) mass is 379 g/mol. The van der Waals surface area contributed by atoms with E-state index in [2.05, 4.69) is 10.1 Å². The van der Waals surface area contributed by atoms with Crippen LogP contribution < -0.4 is 10.5 Å². The van der Waals surface area contributed by atoms with E-state index in [0.29, 0.717) is 33.9 Å². The van der Waals surface area contributed by atoms with Crippen molar-refractivity contribution in [3.63, 3.8) is 0 Å². The first-order chi connectivity index (χ1) is 13.3. The van der Waals surface area contributed by atoms with Crippen LogP contribution in [0.25, 0.3) is 27.8 Å². The van der Waals surface area contributed by atoms with Crippen LogP contribution in [0.15, 0.2) is 42.6 Å². The number of nitrogens with two attached hydrogens (primary N) is 1. The lowest BCUT2D eigenvalue weighted by atomic mass is 10.2. The first-order valence-corrected chi connectivity index (χ1v) is 8.81. The van der Waals surface area contributed by atoms with Crippen molar-refractivity contribution in [3.8, 4) is 11.6 Å².